The predicted octanol–water partition coefficient (Wildman–Crippen LogP) is 3.10. The molecule has 0 unspecified atom stereocenters. The maximum Gasteiger partial charge on any atom is 0.235 e. The third-order valence-corrected chi connectivity index (χ3v) is 3.05. The molecule has 0 aliphatic heterocycles. The summed E-state index contributed by atoms with van der Waals surface area (Å²) in [5.41, 5.74) is 3.46. The van der Waals surface area contributed by atoms with Crippen LogP contribution < -0.4 is 0 Å². The van der Waals surface area contributed by atoms with Gasteiger partial charge in [0.1, 0.15) is 0 Å². The Balaban J connectivity index is 2.84. The Morgan fingerprint density at radius 1 is 1.00 bits per heavy atom. The van der Waals surface area contributed by atoms with Crippen molar-refractivity contribution in [1.29, 1.82) is 0 Å². The number of carbonyl (C=O) groups excluding carboxylic acids is 1. The second kappa shape index (κ2) is 8.94. The molecule has 114 valence electrons. The number of allylic oxidation sites excluding steroid dienone is 1. The van der Waals surface area contributed by atoms with Crippen LogP contribution in [0.25, 0.3) is 0 Å². The number of unbranched alkanes of at least 4 members (excludes halogenated alkanes) is 2. The smallest absolute Gasteiger partial charge is 0.235 e. The van der Waals surface area contributed by atoms with E-state index in [0.29, 0.717) is 24.2 Å². The SMILES string of the molecule is CCCCC#CCCC1=C=C(OC)C(OC)=C(OC)C1=O. The number of carbonyl (C=O) groups is 1. The van der Waals surface area contributed by atoms with Gasteiger partial charge in [-0.05, 0) is 12.8 Å². The van der Waals surface area contributed by atoms with Crippen LogP contribution in [0.5, 0.6) is 0 Å². The van der Waals surface area contributed by atoms with Crippen LogP contribution >= 0.6 is 0 Å². The normalized spacial score (nSPS) is 14.0. The predicted molar refractivity (Wildman–Crippen MR) is 80.1 cm³/mol. The van der Waals surface area contributed by atoms with E-state index < -0.39 is 0 Å². The van der Waals surface area contributed by atoms with Gasteiger partial charge in [-0.3, -0.25) is 4.79 Å². The molecule has 0 aromatic heterocycles. The molecule has 0 saturated carbocycles. The van der Waals surface area contributed by atoms with Gasteiger partial charge in [0.25, 0.3) is 0 Å². The third kappa shape index (κ3) is 4.44. The van der Waals surface area contributed by atoms with Gasteiger partial charge in [0, 0.05) is 12.8 Å². The van der Waals surface area contributed by atoms with Crippen LogP contribution in [0.3, 0.4) is 0 Å². The largest absolute Gasteiger partial charge is 0.489 e. The zero-order valence-corrected chi connectivity index (χ0v) is 13.2. The first kappa shape index (κ1) is 16.9. The number of hydrogen-bond acceptors (Lipinski definition) is 4. The summed E-state index contributed by atoms with van der Waals surface area (Å²) in [4.78, 5) is 12.3. The highest BCUT2D eigenvalue weighted by atomic mass is 16.5. The molecule has 1 rings (SSSR count). The quantitative estimate of drug-likeness (QED) is 0.410. The molecule has 0 saturated heterocycles. The molecule has 4 nitrogen and oxygen atoms in total. The fourth-order valence-corrected chi connectivity index (χ4v) is 1.91. The van der Waals surface area contributed by atoms with E-state index in [4.69, 9.17) is 14.2 Å². The van der Waals surface area contributed by atoms with Gasteiger partial charge in [-0.1, -0.05) is 19.1 Å². The molecular formula is C17H22O4. The number of hydrogen-bond donors (Lipinski definition) is 0. The molecule has 0 aromatic rings. The summed E-state index contributed by atoms with van der Waals surface area (Å²) in [6.45, 7) is 2.14. The van der Waals surface area contributed by atoms with Crippen molar-refractivity contribution in [3.63, 3.8) is 0 Å². The number of Topliss-reactive ketones (excluding diaryl/α,β-unsaturated/α-hetero) is 1. The second-order valence-electron chi connectivity index (χ2n) is 4.49. The van der Waals surface area contributed by atoms with Gasteiger partial charge >= 0.3 is 0 Å². The summed E-state index contributed by atoms with van der Waals surface area (Å²) in [6.07, 6.45) is 4.29. The van der Waals surface area contributed by atoms with Gasteiger partial charge in [-0.2, -0.15) is 0 Å². The van der Waals surface area contributed by atoms with Crippen LogP contribution in [0.1, 0.15) is 39.0 Å². The van der Waals surface area contributed by atoms with Crippen LogP contribution in [0.2, 0.25) is 0 Å². The lowest BCUT2D eigenvalue weighted by Crippen LogP contribution is -2.16. The molecule has 0 radical (unpaired) electrons. The highest BCUT2D eigenvalue weighted by Crippen LogP contribution is 2.26. The van der Waals surface area contributed by atoms with Gasteiger partial charge in [0.05, 0.1) is 26.9 Å². The van der Waals surface area contributed by atoms with Gasteiger partial charge in [0.15, 0.2) is 0 Å². The maximum absolute atomic E-state index is 12.3. The molecule has 21 heavy (non-hydrogen) atoms. The van der Waals surface area contributed by atoms with Crippen molar-refractivity contribution in [2.24, 2.45) is 0 Å². The van der Waals surface area contributed by atoms with E-state index in [0.717, 1.165) is 19.3 Å². The first-order valence-corrected chi connectivity index (χ1v) is 7.06. The molecule has 0 aromatic carbocycles. The fraction of sp³-hybridized carbons (Fsp3) is 0.529. The lowest BCUT2D eigenvalue weighted by atomic mass is 10.0. The molecule has 1 aliphatic carbocycles. The first-order chi connectivity index (χ1) is 10.2. The van der Waals surface area contributed by atoms with Crippen molar-refractivity contribution in [1.82, 2.24) is 0 Å². The Labute approximate surface area is 126 Å². The summed E-state index contributed by atoms with van der Waals surface area (Å²) in [5, 5.41) is 0. The summed E-state index contributed by atoms with van der Waals surface area (Å²) < 4.78 is 15.5. The Kier molecular flexibility index (Phi) is 7.21. The highest BCUT2D eigenvalue weighted by molar-refractivity contribution is 6.08. The lowest BCUT2D eigenvalue weighted by Gasteiger charge is -2.17. The topological polar surface area (TPSA) is 44.8 Å². The fourth-order valence-electron chi connectivity index (χ4n) is 1.91. The second-order valence-corrected chi connectivity index (χ2v) is 4.49. The third-order valence-electron chi connectivity index (χ3n) is 3.05. The molecule has 0 bridgehead atoms. The van der Waals surface area contributed by atoms with E-state index in [9.17, 15) is 4.79 Å². The van der Waals surface area contributed by atoms with E-state index in [-0.39, 0.29) is 17.3 Å². The van der Waals surface area contributed by atoms with E-state index >= 15 is 0 Å². The number of ether oxygens (including phenoxy) is 3. The average molecular weight is 290 g/mol. The summed E-state index contributed by atoms with van der Waals surface area (Å²) in [6, 6.07) is 0. The average Bonchev–Trinajstić information content (AvgIpc) is 2.51. The molecule has 0 atom stereocenters. The minimum Gasteiger partial charge on any atom is -0.489 e. The standard InChI is InChI=1S/C17H22O4/c1-5-6-7-8-9-10-11-13-12-14(19-2)16(20-3)17(21-4)15(13)18/h5-7,10-11H2,1-4H3. The zero-order chi connectivity index (χ0) is 15.7. The maximum atomic E-state index is 12.3. The van der Waals surface area contributed by atoms with Crippen LogP contribution in [0, 0.1) is 11.8 Å². The minimum absolute atomic E-state index is 0.155. The molecule has 0 amide bonds. The van der Waals surface area contributed by atoms with Crippen molar-refractivity contribution in [2.45, 2.75) is 39.0 Å². The van der Waals surface area contributed by atoms with E-state index in [1.54, 1.807) is 0 Å². The van der Waals surface area contributed by atoms with Gasteiger partial charge in [-0.15, -0.1) is 11.8 Å². The molecule has 0 N–H and O–H groups in total. The summed E-state index contributed by atoms with van der Waals surface area (Å²) >= 11 is 0. The molecule has 0 heterocycles. The summed E-state index contributed by atoms with van der Waals surface area (Å²) in [5.74, 6) is 6.78. The minimum atomic E-state index is -0.217. The molecule has 4 heteroatoms. The first-order valence-electron chi connectivity index (χ1n) is 7.06. The Hall–Kier alpha value is -2.11. The number of ketones is 1. The van der Waals surface area contributed by atoms with Gasteiger partial charge < -0.3 is 14.2 Å². The van der Waals surface area contributed by atoms with Crippen molar-refractivity contribution in [2.75, 3.05) is 21.3 Å². The number of methoxy groups -OCH3 is 3. The van der Waals surface area contributed by atoms with E-state index in [1.165, 1.54) is 21.3 Å². The van der Waals surface area contributed by atoms with Crippen LogP contribution in [-0.4, -0.2) is 27.1 Å². The Bertz CT molecular complexity index is 537. The number of rotatable bonds is 7. The Morgan fingerprint density at radius 2 is 1.67 bits per heavy atom. The van der Waals surface area contributed by atoms with Crippen molar-refractivity contribution in [3.8, 4) is 11.8 Å². The van der Waals surface area contributed by atoms with Crippen molar-refractivity contribution < 1.29 is 19.0 Å². The monoisotopic (exact) mass is 290 g/mol. The molecule has 1 aliphatic rings. The van der Waals surface area contributed by atoms with E-state index in [2.05, 4.69) is 24.5 Å². The van der Waals surface area contributed by atoms with Crippen LogP contribution in [0.4, 0.5) is 0 Å². The zero-order valence-electron chi connectivity index (χ0n) is 13.2. The van der Waals surface area contributed by atoms with E-state index in [1.807, 2.05) is 0 Å². The van der Waals surface area contributed by atoms with Gasteiger partial charge in [-0.25, -0.2) is 0 Å². The van der Waals surface area contributed by atoms with Crippen molar-refractivity contribution in [3.05, 3.63) is 28.6 Å². The van der Waals surface area contributed by atoms with Crippen molar-refractivity contribution >= 4 is 5.78 Å². The molecule has 0 spiro atoms. The highest BCUT2D eigenvalue weighted by Gasteiger charge is 2.28. The van der Waals surface area contributed by atoms with Gasteiger partial charge in [0.2, 0.25) is 23.1 Å². The molecule has 0 fully saturated rings. The lowest BCUT2D eigenvalue weighted by molar-refractivity contribution is -0.115. The van der Waals surface area contributed by atoms with Crippen LogP contribution in [-0.2, 0) is 19.0 Å². The Morgan fingerprint density at radius 3 is 2.24 bits per heavy atom. The summed E-state index contributed by atoms with van der Waals surface area (Å²) in [7, 11) is 4.41. The molecular weight excluding hydrogens is 268 g/mol. The van der Waals surface area contributed by atoms with Crippen LogP contribution in [0.15, 0.2) is 28.6 Å².